The van der Waals surface area contributed by atoms with E-state index in [0.717, 1.165) is 5.56 Å². The van der Waals surface area contributed by atoms with Crippen LogP contribution in [0.25, 0.3) is 0 Å². The van der Waals surface area contributed by atoms with Crippen LogP contribution in [0.5, 0.6) is 0 Å². The minimum atomic E-state index is -1.15. The normalized spacial score (nSPS) is 41.1. The van der Waals surface area contributed by atoms with Crippen molar-refractivity contribution in [3.63, 3.8) is 0 Å². The van der Waals surface area contributed by atoms with E-state index in [1.165, 1.54) is 0 Å². The van der Waals surface area contributed by atoms with Crippen molar-refractivity contribution in [2.75, 3.05) is 0 Å². The highest BCUT2D eigenvalue weighted by Crippen LogP contribution is 2.54. The van der Waals surface area contributed by atoms with Gasteiger partial charge in [-0.1, -0.05) is 36.9 Å². The van der Waals surface area contributed by atoms with E-state index in [1.807, 2.05) is 44.2 Å². The first kappa shape index (κ1) is 15.3. The Morgan fingerprint density at radius 2 is 2.00 bits per heavy atom. The van der Waals surface area contributed by atoms with Gasteiger partial charge in [-0.2, -0.15) is 0 Å². The summed E-state index contributed by atoms with van der Waals surface area (Å²) in [6.07, 6.45) is -2.50. The van der Waals surface area contributed by atoms with Crippen molar-refractivity contribution in [1.29, 1.82) is 0 Å². The molecule has 0 radical (unpaired) electrons. The first-order chi connectivity index (χ1) is 10.9. The highest BCUT2D eigenvalue weighted by molar-refractivity contribution is 5.30. The molecule has 0 unspecified atom stereocenters. The zero-order valence-electron chi connectivity index (χ0n) is 13.3. The molecule has 4 rings (SSSR count). The molecule has 1 aromatic rings. The van der Waals surface area contributed by atoms with Gasteiger partial charge in [-0.3, -0.25) is 0 Å². The van der Waals surface area contributed by atoms with Crippen LogP contribution in [-0.4, -0.2) is 36.1 Å². The zero-order chi connectivity index (χ0) is 16.2. The summed E-state index contributed by atoms with van der Waals surface area (Å²) >= 11 is 0. The topological polar surface area (TPSA) is 36.9 Å². The number of alkyl halides is 1. The molecule has 3 aliphatic rings. The van der Waals surface area contributed by atoms with E-state index in [1.54, 1.807) is 0 Å². The highest BCUT2D eigenvalue weighted by atomic mass is 19.1. The molecule has 2 saturated heterocycles. The molecule has 1 aliphatic carbocycles. The molecule has 2 aliphatic heterocycles. The van der Waals surface area contributed by atoms with Gasteiger partial charge in [-0.15, -0.1) is 0 Å². The Kier molecular flexibility index (Phi) is 3.39. The number of benzene rings is 1. The summed E-state index contributed by atoms with van der Waals surface area (Å²) in [5, 5.41) is 0. The van der Waals surface area contributed by atoms with Crippen LogP contribution in [0, 0.1) is 0 Å². The molecule has 23 heavy (non-hydrogen) atoms. The van der Waals surface area contributed by atoms with Crippen molar-refractivity contribution >= 4 is 0 Å². The quantitative estimate of drug-likeness (QED) is 0.802. The Hall–Kier alpha value is -1.27. The lowest BCUT2D eigenvalue weighted by atomic mass is 9.93. The predicted octanol–water partition coefficient (Wildman–Crippen LogP) is 3.12. The number of hydrogen-bond acceptors (Lipinski definition) is 4. The Balaban J connectivity index is 1.62. The number of rotatable bonds is 3. The van der Waals surface area contributed by atoms with E-state index < -0.39 is 36.1 Å². The summed E-state index contributed by atoms with van der Waals surface area (Å²) in [7, 11) is 0. The number of ether oxygens (including phenoxy) is 4. The van der Waals surface area contributed by atoms with Crippen LogP contribution in [0.1, 0.15) is 25.8 Å². The molecule has 124 valence electrons. The summed E-state index contributed by atoms with van der Waals surface area (Å²) in [5.41, 5.74) is 0.553. The summed E-state index contributed by atoms with van der Waals surface area (Å²) in [5.74, 6) is -0.765. The fraction of sp³-hybridized carbons (Fsp3) is 0.556. The van der Waals surface area contributed by atoms with Crippen molar-refractivity contribution < 1.29 is 23.3 Å². The molecule has 5 heteroatoms. The molecule has 0 bridgehead atoms. The van der Waals surface area contributed by atoms with Gasteiger partial charge in [0, 0.05) is 6.42 Å². The number of fused-ring (bicyclic) bond motifs is 3. The minimum absolute atomic E-state index is 0.184. The molecule has 1 saturated carbocycles. The maximum atomic E-state index is 14.3. The van der Waals surface area contributed by atoms with Gasteiger partial charge in [0.1, 0.15) is 24.0 Å². The Morgan fingerprint density at radius 1 is 1.26 bits per heavy atom. The van der Waals surface area contributed by atoms with Gasteiger partial charge in [-0.25, -0.2) is 4.39 Å². The summed E-state index contributed by atoms with van der Waals surface area (Å²) in [4.78, 5) is 0. The van der Waals surface area contributed by atoms with Gasteiger partial charge in [0.15, 0.2) is 12.1 Å². The summed E-state index contributed by atoms with van der Waals surface area (Å²) < 4.78 is 38.2. The Morgan fingerprint density at radius 3 is 2.74 bits per heavy atom. The molecular weight excluding hydrogens is 299 g/mol. The molecule has 0 aromatic heterocycles. The van der Waals surface area contributed by atoms with Crippen LogP contribution >= 0.6 is 0 Å². The largest absolute Gasteiger partial charge is 0.364 e. The second kappa shape index (κ2) is 5.11. The van der Waals surface area contributed by atoms with Crippen LogP contribution in [0.3, 0.4) is 0 Å². The predicted molar refractivity (Wildman–Crippen MR) is 81.3 cm³/mol. The van der Waals surface area contributed by atoms with E-state index in [0.29, 0.717) is 12.2 Å². The number of halogens is 1. The second-order valence-corrected chi connectivity index (χ2v) is 6.92. The summed E-state index contributed by atoms with van der Waals surface area (Å²) in [6.45, 7) is 7.87. The zero-order valence-corrected chi connectivity index (χ0v) is 13.3. The third-order valence-corrected chi connectivity index (χ3v) is 4.84. The van der Waals surface area contributed by atoms with Crippen LogP contribution in [0.4, 0.5) is 4.39 Å². The van der Waals surface area contributed by atoms with E-state index in [4.69, 9.17) is 18.9 Å². The molecule has 4 nitrogen and oxygen atoms in total. The van der Waals surface area contributed by atoms with Gasteiger partial charge in [0.25, 0.3) is 0 Å². The summed E-state index contributed by atoms with van der Waals surface area (Å²) in [6, 6.07) is 9.80. The van der Waals surface area contributed by atoms with Crippen molar-refractivity contribution in [2.24, 2.45) is 0 Å². The van der Waals surface area contributed by atoms with Gasteiger partial charge in [0.05, 0.1) is 6.61 Å². The SMILES string of the molecule is C=C1[C@H](F)C[C@@]2(OCc3ccccc3)[C@@H]1O[C@@H]1OC(C)(C)O[C@@H]12. The first-order valence-corrected chi connectivity index (χ1v) is 7.93. The lowest BCUT2D eigenvalue weighted by molar-refractivity contribution is -0.229. The standard InChI is InChI=1S/C18H21FO4/c1-11-13(19)9-18(20-10-12-7-5-4-6-8-12)14(11)21-16-15(18)22-17(2,3)23-16/h4-8,13-16H,1,9-10H2,2-3H3/t13-,14-,15+,16-,18-/m1/s1. The molecule has 0 amide bonds. The van der Waals surface area contributed by atoms with Crippen molar-refractivity contribution in [3.05, 3.63) is 48.0 Å². The van der Waals surface area contributed by atoms with Crippen molar-refractivity contribution in [3.8, 4) is 0 Å². The van der Waals surface area contributed by atoms with Crippen LogP contribution < -0.4 is 0 Å². The van der Waals surface area contributed by atoms with E-state index in [-0.39, 0.29) is 6.42 Å². The molecule has 3 fully saturated rings. The molecular formula is C18H21FO4. The van der Waals surface area contributed by atoms with Gasteiger partial charge in [-0.05, 0) is 25.0 Å². The van der Waals surface area contributed by atoms with Crippen molar-refractivity contribution in [2.45, 2.75) is 62.9 Å². The average molecular weight is 320 g/mol. The third kappa shape index (κ3) is 2.34. The lowest BCUT2D eigenvalue weighted by Gasteiger charge is -2.33. The smallest absolute Gasteiger partial charge is 0.190 e. The maximum absolute atomic E-state index is 14.3. The highest BCUT2D eigenvalue weighted by Gasteiger charge is 2.69. The minimum Gasteiger partial charge on any atom is -0.364 e. The van der Waals surface area contributed by atoms with E-state index in [9.17, 15) is 4.39 Å². The van der Waals surface area contributed by atoms with Gasteiger partial charge in [0.2, 0.25) is 0 Å². The van der Waals surface area contributed by atoms with Crippen LogP contribution in [-0.2, 0) is 25.6 Å². The van der Waals surface area contributed by atoms with Gasteiger partial charge < -0.3 is 18.9 Å². The Labute approximate surface area is 135 Å². The molecule has 0 N–H and O–H groups in total. The van der Waals surface area contributed by atoms with E-state index in [2.05, 4.69) is 6.58 Å². The first-order valence-electron chi connectivity index (χ1n) is 7.93. The second-order valence-electron chi connectivity index (χ2n) is 6.92. The molecule has 1 aromatic carbocycles. The Bertz CT molecular complexity index is 617. The fourth-order valence-electron chi connectivity index (χ4n) is 3.77. The van der Waals surface area contributed by atoms with E-state index >= 15 is 0 Å². The fourth-order valence-corrected chi connectivity index (χ4v) is 3.77. The number of hydrogen-bond donors (Lipinski definition) is 0. The maximum Gasteiger partial charge on any atom is 0.190 e. The molecule has 0 spiro atoms. The monoisotopic (exact) mass is 320 g/mol. The third-order valence-electron chi connectivity index (χ3n) is 4.84. The lowest BCUT2D eigenvalue weighted by Crippen LogP contribution is -2.48. The molecule has 5 atom stereocenters. The van der Waals surface area contributed by atoms with Gasteiger partial charge >= 0.3 is 0 Å². The van der Waals surface area contributed by atoms with Crippen LogP contribution in [0.15, 0.2) is 42.5 Å². The molecule has 2 heterocycles. The average Bonchev–Trinajstić information content (AvgIpc) is 3.05. The van der Waals surface area contributed by atoms with Crippen molar-refractivity contribution in [1.82, 2.24) is 0 Å². The van der Waals surface area contributed by atoms with Crippen LogP contribution in [0.2, 0.25) is 0 Å².